The van der Waals surface area contributed by atoms with E-state index >= 15 is 0 Å². The van der Waals surface area contributed by atoms with Crippen LogP contribution in [0.15, 0.2) is 16.9 Å². The van der Waals surface area contributed by atoms with Crippen molar-refractivity contribution in [1.29, 1.82) is 0 Å². The number of amides is 1. The minimum absolute atomic E-state index is 0.0931. The van der Waals surface area contributed by atoms with E-state index < -0.39 is 0 Å². The first-order valence-corrected chi connectivity index (χ1v) is 8.05. The fraction of sp³-hybridized carbons (Fsp3) is 0.562. The van der Waals surface area contributed by atoms with Crippen LogP contribution in [0.4, 0.5) is 0 Å². The number of aromatic amines is 1. The molecule has 1 fully saturated rings. The van der Waals surface area contributed by atoms with Crippen molar-refractivity contribution >= 4 is 5.91 Å². The van der Waals surface area contributed by atoms with Gasteiger partial charge in [0, 0.05) is 25.5 Å². The lowest BCUT2D eigenvalue weighted by atomic mass is 9.98. The number of nitrogens with one attached hydrogen (secondary N) is 2. The van der Waals surface area contributed by atoms with Crippen LogP contribution in [0.2, 0.25) is 0 Å². The predicted octanol–water partition coefficient (Wildman–Crippen LogP) is 1.66. The molecule has 0 saturated carbocycles. The van der Waals surface area contributed by atoms with E-state index in [1.54, 1.807) is 20.0 Å². The van der Waals surface area contributed by atoms with Gasteiger partial charge in [-0.3, -0.25) is 9.69 Å². The molecule has 23 heavy (non-hydrogen) atoms. The van der Waals surface area contributed by atoms with Crippen molar-refractivity contribution in [1.82, 2.24) is 25.3 Å². The summed E-state index contributed by atoms with van der Waals surface area (Å²) in [4.78, 5) is 22.1. The predicted molar refractivity (Wildman–Crippen MR) is 84.9 cm³/mol. The highest BCUT2D eigenvalue weighted by Crippen LogP contribution is 2.18. The van der Waals surface area contributed by atoms with Gasteiger partial charge in [0.15, 0.2) is 0 Å². The average molecular weight is 317 g/mol. The topological polar surface area (TPSA) is 87.1 Å². The number of aromatic nitrogens is 3. The summed E-state index contributed by atoms with van der Waals surface area (Å²) in [5.74, 6) is 1.93. The largest absolute Gasteiger partial charge is 0.361 e. The van der Waals surface area contributed by atoms with Gasteiger partial charge in [-0.05, 0) is 39.2 Å². The minimum Gasteiger partial charge on any atom is -0.361 e. The van der Waals surface area contributed by atoms with Gasteiger partial charge in [0.05, 0.1) is 12.2 Å². The zero-order chi connectivity index (χ0) is 16.2. The summed E-state index contributed by atoms with van der Waals surface area (Å²) >= 11 is 0. The summed E-state index contributed by atoms with van der Waals surface area (Å²) < 4.78 is 5.05. The van der Waals surface area contributed by atoms with Crippen LogP contribution in [0, 0.1) is 19.8 Å². The molecule has 1 aliphatic rings. The van der Waals surface area contributed by atoms with Gasteiger partial charge < -0.3 is 14.8 Å². The molecule has 0 aliphatic carbocycles. The van der Waals surface area contributed by atoms with Crippen LogP contribution in [0.3, 0.4) is 0 Å². The number of likely N-dealkylation sites (tertiary alicyclic amines) is 1. The lowest BCUT2D eigenvalue weighted by Gasteiger charge is -2.32. The molecule has 1 saturated heterocycles. The third-order valence-electron chi connectivity index (χ3n) is 4.34. The summed E-state index contributed by atoms with van der Waals surface area (Å²) in [5, 5.41) is 6.86. The molecule has 1 aliphatic heterocycles. The van der Waals surface area contributed by atoms with E-state index in [2.05, 4.69) is 25.3 Å². The summed E-state index contributed by atoms with van der Waals surface area (Å²) in [5.41, 5.74) is 1.20. The second kappa shape index (κ2) is 6.95. The Kier molecular flexibility index (Phi) is 4.76. The van der Waals surface area contributed by atoms with Crippen LogP contribution in [-0.4, -0.2) is 45.6 Å². The first-order chi connectivity index (χ1) is 11.1. The molecule has 0 bridgehead atoms. The van der Waals surface area contributed by atoms with Crippen LogP contribution in [0.5, 0.6) is 0 Å². The number of aryl methyl sites for hydroxylation is 2. The molecule has 3 heterocycles. The van der Waals surface area contributed by atoms with Gasteiger partial charge in [0.25, 0.3) is 5.91 Å². The van der Waals surface area contributed by atoms with Gasteiger partial charge in [-0.15, -0.1) is 0 Å². The molecule has 124 valence electrons. The lowest BCUT2D eigenvalue weighted by Crippen LogP contribution is -2.40. The standard InChI is InChI=1S/C16H23N5O2/c1-11-15(12(2)23-20-11)16(22)19-8-13-4-3-7-21(9-13)10-14-17-5-6-18-14/h5-6,13H,3-4,7-10H2,1-2H3,(H,17,18)(H,19,22). The zero-order valence-electron chi connectivity index (χ0n) is 13.6. The van der Waals surface area contributed by atoms with E-state index in [4.69, 9.17) is 4.52 Å². The van der Waals surface area contributed by atoms with E-state index in [0.717, 1.165) is 38.3 Å². The molecule has 1 atom stereocenters. The average Bonchev–Trinajstić information content (AvgIpc) is 3.15. The summed E-state index contributed by atoms with van der Waals surface area (Å²) in [6.07, 6.45) is 5.91. The van der Waals surface area contributed by atoms with Crippen molar-refractivity contribution in [3.8, 4) is 0 Å². The normalized spacial score (nSPS) is 19.0. The molecule has 2 aromatic heterocycles. The Morgan fingerprint density at radius 1 is 1.52 bits per heavy atom. The number of piperidine rings is 1. The smallest absolute Gasteiger partial charge is 0.256 e. The number of imidazole rings is 1. The Balaban J connectivity index is 1.51. The van der Waals surface area contributed by atoms with Gasteiger partial charge in [-0.1, -0.05) is 5.16 Å². The van der Waals surface area contributed by atoms with Gasteiger partial charge in [-0.25, -0.2) is 4.98 Å². The second-order valence-electron chi connectivity index (χ2n) is 6.19. The SMILES string of the molecule is Cc1noc(C)c1C(=O)NCC1CCCN(Cc2ncc[nH]2)C1. The van der Waals surface area contributed by atoms with Gasteiger partial charge in [0.2, 0.25) is 0 Å². The van der Waals surface area contributed by atoms with E-state index in [0.29, 0.717) is 29.5 Å². The maximum absolute atomic E-state index is 12.3. The zero-order valence-corrected chi connectivity index (χ0v) is 13.6. The van der Waals surface area contributed by atoms with Gasteiger partial charge in [0.1, 0.15) is 17.1 Å². The van der Waals surface area contributed by atoms with Crippen molar-refractivity contribution in [2.45, 2.75) is 33.2 Å². The van der Waals surface area contributed by atoms with Gasteiger partial charge >= 0.3 is 0 Å². The highest BCUT2D eigenvalue weighted by Gasteiger charge is 2.23. The molecule has 0 spiro atoms. The maximum atomic E-state index is 12.3. The second-order valence-corrected chi connectivity index (χ2v) is 6.19. The van der Waals surface area contributed by atoms with Crippen LogP contribution in [0.25, 0.3) is 0 Å². The quantitative estimate of drug-likeness (QED) is 0.875. The number of carbonyl (C=O) groups excluding carboxylic acids is 1. The Morgan fingerprint density at radius 3 is 3.09 bits per heavy atom. The van der Waals surface area contributed by atoms with Crippen molar-refractivity contribution in [3.63, 3.8) is 0 Å². The van der Waals surface area contributed by atoms with Gasteiger partial charge in [-0.2, -0.15) is 0 Å². The highest BCUT2D eigenvalue weighted by atomic mass is 16.5. The number of hydrogen-bond donors (Lipinski definition) is 2. The number of rotatable bonds is 5. The number of hydrogen-bond acceptors (Lipinski definition) is 5. The van der Waals surface area contributed by atoms with Crippen molar-refractivity contribution in [2.75, 3.05) is 19.6 Å². The number of carbonyl (C=O) groups is 1. The molecule has 3 rings (SSSR count). The summed E-state index contributed by atoms with van der Waals surface area (Å²) in [6, 6.07) is 0. The van der Waals surface area contributed by atoms with E-state index in [1.165, 1.54) is 0 Å². The number of nitrogens with zero attached hydrogens (tertiary/aromatic N) is 3. The molecule has 2 N–H and O–H groups in total. The Bertz CT molecular complexity index is 630. The Labute approximate surface area is 135 Å². The molecule has 1 amide bonds. The molecule has 1 unspecified atom stereocenters. The Morgan fingerprint density at radius 2 is 2.39 bits per heavy atom. The molecule has 2 aromatic rings. The van der Waals surface area contributed by atoms with Crippen LogP contribution in [0.1, 0.15) is 40.5 Å². The minimum atomic E-state index is -0.0931. The van der Waals surface area contributed by atoms with Crippen molar-refractivity contribution in [3.05, 3.63) is 35.2 Å². The monoisotopic (exact) mass is 317 g/mol. The maximum Gasteiger partial charge on any atom is 0.256 e. The lowest BCUT2D eigenvalue weighted by molar-refractivity contribution is 0.0928. The van der Waals surface area contributed by atoms with Crippen LogP contribution < -0.4 is 5.32 Å². The molecule has 7 heteroatoms. The van der Waals surface area contributed by atoms with Crippen molar-refractivity contribution in [2.24, 2.45) is 5.92 Å². The van der Waals surface area contributed by atoms with E-state index in [9.17, 15) is 4.79 Å². The third-order valence-corrected chi connectivity index (χ3v) is 4.34. The summed E-state index contributed by atoms with van der Waals surface area (Å²) in [7, 11) is 0. The Hall–Kier alpha value is -2.15. The van der Waals surface area contributed by atoms with E-state index in [-0.39, 0.29) is 5.91 Å². The molecule has 0 aromatic carbocycles. The fourth-order valence-electron chi connectivity index (χ4n) is 3.19. The highest BCUT2D eigenvalue weighted by molar-refractivity contribution is 5.96. The first kappa shape index (κ1) is 15.7. The van der Waals surface area contributed by atoms with Crippen molar-refractivity contribution < 1.29 is 9.32 Å². The molecule has 0 radical (unpaired) electrons. The fourth-order valence-corrected chi connectivity index (χ4v) is 3.19. The molecular weight excluding hydrogens is 294 g/mol. The number of H-pyrrole nitrogens is 1. The summed E-state index contributed by atoms with van der Waals surface area (Å²) in [6.45, 7) is 7.12. The third kappa shape index (κ3) is 3.79. The molecule has 7 nitrogen and oxygen atoms in total. The molecular formula is C16H23N5O2. The van der Waals surface area contributed by atoms with Crippen LogP contribution >= 0.6 is 0 Å². The first-order valence-electron chi connectivity index (χ1n) is 8.05. The van der Waals surface area contributed by atoms with E-state index in [1.807, 2.05) is 6.20 Å². The van der Waals surface area contributed by atoms with Crippen LogP contribution in [-0.2, 0) is 6.54 Å².